The Morgan fingerprint density at radius 1 is 1.09 bits per heavy atom. The quantitative estimate of drug-likeness (QED) is 0.830. The van der Waals surface area contributed by atoms with E-state index in [0.717, 1.165) is 10.0 Å². The van der Waals surface area contributed by atoms with Gasteiger partial charge in [-0.15, -0.1) is 0 Å². The predicted octanol–water partition coefficient (Wildman–Crippen LogP) is 4.34. The average molecular weight is 362 g/mol. The molecular weight excluding hydrogens is 342 g/mol. The molecule has 4 heteroatoms. The number of hydrogen-bond acceptors (Lipinski definition) is 2. The lowest BCUT2D eigenvalue weighted by molar-refractivity contribution is -0.124. The fraction of sp³-hybridized carbons (Fsp3) is 0.278. The van der Waals surface area contributed by atoms with Crippen LogP contribution in [0.4, 0.5) is 0 Å². The topological polar surface area (TPSA) is 38.3 Å². The summed E-state index contributed by atoms with van der Waals surface area (Å²) in [5.74, 6) is 0.865. The van der Waals surface area contributed by atoms with Crippen LogP contribution in [0, 0.1) is 5.92 Å². The van der Waals surface area contributed by atoms with Gasteiger partial charge >= 0.3 is 0 Å². The molecule has 1 N–H and O–H groups in total. The number of carbonyl (C=O) groups is 1. The van der Waals surface area contributed by atoms with Crippen LogP contribution in [0.2, 0.25) is 0 Å². The van der Waals surface area contributed by atoms with Gasteiger partial charge in [-0.2, -0.15) is 0 Å². The van der Waals surface area contributed by atoms with Crippen molar-refractivity contribution in [2.24, 2.45) is 5.92 Å². The normalized spacial score (nSPS) is 12.0. The number of halogens is 1. The molecule has 116 valence electrons. The molecule has 0 heterocycles. The van der Waals surface area contributed by atoms with Crippen molar-refractivity contribution >= 4 is 21.8 Å². The van der Waals surface area contributed by atoms with Crippen LogP contribution in [0.1, 0.15) is 25.5 Å². The fourth-order valence-electron chi connectivity index (χ4n) is 2.19. The average Bonchev–Trinajstić information content (AvgIpc) is 2.52. The number of rotatable bonds is 6. The molecule has 0 unspecified atom stereocenters. The third-order valence-corrected chi connectivity index (χ3v) is 3.85. The van der Waals surface area contributed by atoms with Gasteiger partial charge in [-0.05, 0) is 35.7 Å². The molecule has 0 aromatic heterocycles. The summed E-state index contributed by atoms with van der Waals surface area (Å²) in [6, 6.07) is 17.4. The molecule has 0 radical (unpaired) electrons. The van der Waals surface area contributed by atoms with Crippen molar-refractivity contribution in [2.45, 2.75) is 19.9 Å². The highest BCUT2D eigenvalue weighted by molar-refractivity contribution is 9.10. The van der Waals surface area contributed by atoms with Crippen molar-refractivity contribution in [3.63, 3.8) is 0 Å². The summed E-state index contributed by atoms with van der Waals surface area (Å²) in [5, 5.41) is 3.04. The standard InChI is InChI=1S/C18H20BrNO2/c1-13(2)18(14-6-4-3-5-7-14)20-17(21)12-22-16-10-8-15(19)9-11-16/h3-11,13,18H,12H2,1-2H3,(H,20,21)/t18-/m0/s1. The summed E-state index contributed by atoms with van der Waals surface area (Å²) in [6.07, 6.45) is 0. The number of amides is 1. The number of ether oxygens (including phenoxy) is 1. The highest BCUT2D eigenvalue weighted by Crippen LogP contribution is 2.21. The first kappa shape index (κ1) is 16.6. The van der Waals surface area contributed by atoms with Crippen molar-refractivity contribution in [3.8, 4) is 5.75 Å². The molecule has 0 spiro atoms. The maximum atomic E-state index is 12.1. The van der Waals surface area contributed by atoms with Crippen molar-refractivity contribution < 1.29 is 9.53 Å². The Balaban J connectivity index is 1.93. The molecule has 0 aliphatic heterocycles. The molecule has 2 aromatic rings. The van der Waals surface area contributed by atoms with Gasteiger partial charge in [0, 0.05) is 4.47 Å². The van der Waals surface area contributed by atoms with E-state index < -0.39 is 0 Å². The van der Waals surface area contributed by atoms with Crippen LogP contribution in [-0.4, -0.2) is 12.5 Å². The molecule has 3 nitrogen and oxygen atoms in total. The van der Waals surface area contributed by atoms with Crippen LogP contribution in [0.15, 0.2) is 59.1 Å². The number of carbonyl (C=O) groups excluding carboxylic acids is 1. The Bertz CT molecular complexity index is 596. The van der Waals surface area contributed by atoms with E-state index in [0.29, 0.717) is 11.7 Å². The van der Waals surface area contributed by atoms with Crippen LogP contribution in [0.25, 0.3) is 0 Å². The zero-order valence-electron chi connectivity index (χ0n) is 12.8. The highest BCUT2D eigenvalue weighted by Gasteiger charge is 2.18. The summed E-state index contributed by atoms with van der Waals surface area (Å²) in [6.45, 7) is 4.19. The minimum absolute atomic E-state index is 0.0116. The SMILES string of the molecule is CC(C)[C@H](NC(=O)COc1ccc(Br)cc1)c1ccccc1. The van der Waals surface area contributed by atoms with Gasteiger partial charge in [0.2, 0.25) is 0 Å². The molecule has 1 amide bonds. The number of nitrogens with one attached hydrogen (secondary N) is 1. The van der Waals surface area contributed by atoms with Crippen LogP contribution in [0.3, 0.4) is 0 Å². The van der Waals surface area contributed by atoms with Gasteiger partial charge < -0.3 is 10.1 Å². The molecule has 0 saturated heterocycles. The van der Waals surface area contributed by atoms with Crippen molar-refractivity contribution in [1.82, 2.24) is 5.32 Å². The first-order valence-electron chi connectivity index (χ1n) is 7.29. The molecule has 0 aliphatic carbocycles. The largest absolute Gasteiger partial charge is 0.484 e. The van der Waals surface area contributed by atoms with Crippen LogP contribution >= 0.6 is 15.9 Å². The predicted molar refractivity (Wildman–Crippen MR) is 91.8 cm³/mol. The summed E-state index contributed by atoms with van der Waals surface area (Å²) in [4.78, 5) is 12.1. The lowest BCUT2D eigenvalue weighted by Gasteiger charge is -2.23. The second-order valence-corrected chi connectivity index (χ2v) is 6.36. The summed E-state index contributed by atoms with van der Waals surface area (Å²) in [7, 11) is 0. The zero-order chi connectivity index (χ0) is 15.9. The summed E-state index contributed by atoms with van der Waals surface area (Å²) >= 11 is 3.37. The molecule has 0 fully saturated rings. The lowest BCUT2D eigenvalue weighted by atomic mass is 9.96. The van der Waals surface area contributed by atoms with E-state index in [9.17, 15) is 4.79 Å². The van der Waals surface area contributed by atoms with Crippen LogP contribution < -0.4 is 10.1 Å². The molecule has 2 aromatic carbocycles. The first-order valence-corrected chi connectivity index (χ1v) is 8.08. The third kappa shape index (κ3) is 4.88. The maximum absolute atomic E-state index is 12.1. The van der Waals surface area contributed by atoms with E-state index in [4.69, 9.17) is 4.74 Å². The maximum Gasteiger partial charge on any atom is 0.258 e. The molecular formula is C18H20BrNO2. The minimum atomic E-state index is -0.120. The minimum Gasteiger partial charge on any atom is -0.484 e. The Kier molecular flexibility index (Phi) is 6.01. The Morgan fingerprint density at radius 3 is 2.32 bits per heavy atom. The number of benzene rings is 2. The fourth-order valence-corrected chi connectivity index (χ4v) is 2.45. The number of hydrogen-bond donors (Lipinski definition) is 1. The van der Waals surface area contributed by atoms with Crippen molar-refractivity contribution in [2.75, 3.05) is 6.61 Å². The summed E-state index contributed by atoms with van der Waals surface area (Å²) < 4.78 is 6.49. The van der Waals surface area contributed by atoms with Gasteiger partial charge in [-0.25, -0.2) is 0 Å². The second-order valence-electron chi connectivity index (χ2n) is 5.44. The van der Waals surface area contributed by atoms with Gasteiger partial charge in [0.05, 0.1) is 6.04 Å². The van der Waals surface area contributed by atoms with Crippen LogP contribution in [0.5, 0.6) is 5.75 Å². The highest BCUT2D eigenvalue weighted by atomic mass is 79.9. The van der Waals surface area contributed by atoms with E-state index in [1.807, 2.05) is 54.6 Å². The smallest absolute Gasteiger partial charge is 0.258 e. The van der Waals surface area contributed by atoms with Crippen molar-refractivity contribution in [1.29, 1.82) is 0 Å². The van der Waals surface area contributed by atoms with Gasteiger partial charge in [0.15, 0.2) is 6.61 Å². The van der Waals surface area contributed by atoms with Gasteiger partial charge in [0.1, 0.15) is 5.75 Å². The molecule has 1 atom stereocenters. The molecule has 0 saturated carbocycles. The molecule has 22 heavy (non-hydrogen) atoms. The Hall–Kier alpha value is -1.81. The van der Waals surface area contributed by atoms with Crippen LogP contribution in [-0.2, 0) is 4.79 Å². The second kappa shape index (κ2) is 7.99. The molecule has 2 rings (SSSR count). The summed E-state index contributed by atoms with van der Waals surface area (Å²) in [5.41, 5.74) is 1.11. The Labute approximate surface area is 139 Å². The molecule has 0 aliphatic rings. The van der Waals surface area contributed by atoms with Gasteiger partial charge in [-0.1, -0.05) is 60.1 Å². The van der Waals surface area contributed by atoms with E-state index in [1.165, 1.54) is 0 Å². The van der Waals surface area contributed by atoms with Gasteiger partial charge in [0.25, 0.3) is 5.91 Å². The lowest BCUT2D eigenvalue weighted by Crippen LogP contribution is -2.35. The Morgan fingerprint density at radius 2 is 1.73 bits per heavy atom. The van der Waals surface area contributed by atoms with Gasteiger partial charge in [-0.3, -0.25) is 4.79 Å². The zero-order valence-corrected chi connectivity index (χ0v) is 14.3. The monoisotopic (exact) mass is 361 g/mol. The van der Waals surface area contributed by atoms with E-state index in [1.54, 1.807) is 0 Å². The van der Waals surface area contributed by atoms with E-state index in [2.05, 4.69) is 35.1 Å². The van der Waals surface area contributed by atoms with E-state index >= 15 is 0 Å². The molecule has 0 bridgehead atoms. The third-order valence-electron chi connectivity index (χ3n) is 3.33. The first-order chi connectivity index (χ1) is 10.6. The van der Waals surface area contributed by atoms with Crippen molar-refractivity contribution in [3.05, 3.63) is 64.6 Å². The van der Waals surface area contributed by atoms with E-state index in [-0.39, 0.29) is 18.6 Å².